The third-order valence-electron chi connectivity index (χ3n) is 2.05. The molecule has 0 fully saturated rings. The molecule has 1 aromatic carbocycles. The van der Waals surface area contributed by atoms with Crippen LogP contribution in [0.5, 0.6) is 0 Å². The summed E-state index contributed by atoms with van der Waals surface area (Å²) in [5.74, 6) is 0. The first-order valence-electron chi connectivity index (χ1n) is 4.95. The van der Waals surface area contributed by atoms with Gasteiger partial charge in [-0.05, 0) is 53.6 Å². The number of benzene rings is 1. The maximum absolute atomic E-state index is 11.4. The molecule has 0 aliphatic heterocycles. The highest BCUT2D eigenvalue weighted by Gasteiger charge is 2.04. The second-order valence-electron chi connectivity index (χ2n) is 3.29. The van der Waals surface area contributed by atoms with E-state index in [1.165, 1.54) is 0 Å². The molecule has 2 N–H and O–H groups in total. The monoisotopic (exact) mass is 318 g/mol. The standard InChI is InChI=1S/C11H15IN2O/c1-3-7-13-11(15)14-10-6-4-5-9(12)8(10)2/h4-6H,3,7H2,1-2H3,(H2,13,14,15). The number of anilines is 1. The minimum Gasteiger partial charge on any atom is -0.338 e. The molecule has 0 aliphatic rings. The van der Waals surface area contributed by atoms with Gasteiger partial charge in [0.05, 0.1) is 0 Å². The Balaban J connectivity index is 2.64. The number of carbonyl (C=O) groups excluding carboxylic acids is 1. The smallest absolute Gasteiger partial charge is 0.319 e. The lowest BCUT2D eigenvalue weighted by atomic mass is 10.2. The van der Waals surface area contributed by atoms with Crippen LogP contribution in [0.1, 0.15) is 18.9 Å². The molecule has 82 valence electrons. The summed E-state index contributed by atoms with van der Waals surface area (Å²) in [6, 6.07) is 5.72. The van der Waals surface area contributed by atoms with Crippen molar-refractivity contribution < 1.29 is 4.79 Å². The molecule has 0 heterocycles. The van der Waals surface area contributed by atoms with Gasteiger partial charge in [0.15, 0.2) is 0 Å². The summed E-state index contributed by atoms with van der Waals surface area (Å²) in [5, 5.41) is 5.61. The molecule has 1 rings (SSSR count). The van der Waals surface area contributed by atoms with E-state index in [1.807, 2.05) is 32.0 Å². The van der Waals surface area contributed by atoms with Crippen LogP contribution in [0, 0.1) is 10.5 Å². The van der Waals surface area contributed by atoms with Crippen molar-refractivity contribution in [2.24, 2.45) is 0 Å². The van der Waals surface area contributed by atoms with E-state index in [2.05, 4.69) is 33.2 Å². The lowest BCUT2D eigenvalue weighted by molar-refractivity contribution is 0.252. The molecular weight excluding hydrogens is 303 g/mol. The Morgan fingerprint density at radius 1 is 1.47 bits per heavy atom. The second-order valence-corrected chi connectivity index (χ2v) is 4.46. The number of halogens is 1. The van der Waals surface area contributed by atoms with E-state index in [-0.39, 0.29) is 6.03 Å². The van der Waals surface area contributed by atoms with Crippen LogP contribution in [-0.2, 0) is 0 Å². The van der Waals surface area contributed by atoms with E-state index in [9.17, 15) is 4.79 Å². The van der Waals surface area contributed by atoms with Gasteiger partial charge in [-0.1, -0.05) is 13.0 Å². The fraction of sp³-hybridized carbons (Fsp3) is 0.364. The highest BCUT2D eigenvalue weighted by atomic mass is 127. The molecule has 0 unspecified atom stereocenters. The van der Waals surface area contributed by atoms with E-state index in [0.29, 0.717) is 6.54 Å². The summed E-state index contributed by atoms with van der Waals surface area (Å²) in [7, 11) is 0. The Morgan fingerprint density at radius 2 is 2.20 bits per heavy atom. The molecule has 0 spiro atoms. The maximum Gasteiger partial charge on any atom is 0.319 e. The largest absolute Gasteiger partial charge is 0.338 e. The first kappa shape index (κ1) is 12.3. The van der Waals surface area contributed by atoms with Crippen molar-refractivity contribution in [2.45, 2.75) is 20.3 Å². The molecule has 4 heteroatoms. The molecule has 2 amide bonds. The van der Waals surface area contributed by atoms with E-state index >= 15 is 0 Å². The van der Waals surface area contributed by atoms with Gasteiger partial charge in [0.1, 0.15) is 0 Å². The average molecular weight is 318 g/mol. The summed E-state index contributed by atoms with van der Waals surface area (Å²) >= 11 is 2.25. The molecule has 0 saturated heterocycles. The molecule has 0 aromatic heterocycles. The SMILES string of the molecule is CCCNC(=O)Nc1cccc(I)c1C. The molecule has 0 saturated carbocycles. The molecule has 15 heavy (non-hydrogen) atoms. The fourth-order valence-corrected chi connectivity index (χ4v) is 1.65. The average Bonchev–Trinajstić information content (AvgIpc) is 2.22. The summed E-state index contributed by atoms with van der Waals surface area (Å²) in [6.45, 7) is 4.73. The number of carbonyl (C=O) groups is 1. The molecular formula is C11H15IN2O. The number of rotatable bonds is 3. The highest BCUT2D eigenvalue weighted by molar-refractivity contribution is 14.1. The third kappa shape index (κ3) is 3.70. The van der Waals surface area contributed by atoms with Gasteiger partial charge in [0.2, 0.25) is 0 Å². The van der Waals surface area contributed by atoms with Gasteiger partial charge in [-0.2, -0.15) is 0 Å². The van der Waals surface area contributed by atoms with Gasteiger partial charge in [-0.3, -0.25) is 0 Å². The minimum absolute atomic E-state index is 0.137. The number of hydrogen-bond acceptors (Lipinski definition) is 1. The third-order valence-corrected chi connectivity index (χ3v) is 3.22. The molecule has 0 aliphatic carbocycles. The number of urea groups is 1. The number of hydrogen-bond donors (Lipinski definition) is 2. The van der Waals surface area contributed by atoms with Gasteiger partial charge in [-0.15, -0.1) is 0 Å². The summed E-state index contributed by atoms with van der Waals surface area (Å²) in [5.41, 5.74) is 1.97. The Hall–Kier alpha value is -0.780. The summed E-state index contributed by atoms with van der Waals surface area (Å²) in [4.78, 5) is 11.4. The van der Waals surface area contributed by atoms with Crippen molar-refractivity contribution >= 4 is 34.3 Å². The second kappa shape index (κ2) is 5.95. The van der Waals surface area contributed by atoms with Crippen LogP contribution < -0.4 is 10.6 Å². The predicted molar refractivity (Wildman–Crippen MR) is 71.2 cm³/mol. The predicted octanol–water partition coefficient (Wildman–Crippen LogP) is 3.13. The van der Waals surface area contributed by atoms with E-state index < -0.39 is 0 Å². The minimum atomic E-state index is -0.137. The zero-order valence-electron chi connectivity index (χ0n) is 8.93. The Labute approximate surface area is 104 Å². The molecule has 1 aromatic rings. The van der Waals surface area contributed by atoms with Gasteiger partial charge in [0, 0.05) is 15.8 Å². The summed E-state index contributed by atoms with van der Waals surface area (Å²) in [6.07, 6.45) is 0.943. The van der Waals surface area contributed by atoms with Gasteiger partial charge < -0.3 is 10.6 Å². The Morgan fingerprint density at radius 3 is 2.87 bits per heavy atom. The maximum atomic E-state index is 11.4. The van der Waals surface area contributed by atoms with Crippen LogP contribution in [-0.4, -0.2) is 12.6 Å². The van der Waals surface area contributed by atoms with Crippen molar-refractivity contribution in [1.82, 2.24) is 5.32 Å². The fourth-order valence-electron chi connectivity index (χ4n) is 1.15. The first-order valence-corrected chi connectivity index (χ1v) is 6.03. The van der Waals surface area contributed by atoms with E-state index in [1.54, 1.807) is 0 Å². The molecule has 0 bridgehead atoms. The van der Waals surface area contributed by atoms with Gasteiger partial charge in [-0.25, -0.2) is 4.79 Å². The van der Waals surface area contributed by atoms with Crippen molar-refractivity contribution in [2.75, 3.05) is 11.9 Å². The van der Waals surface area contributed by atoms with Crippen LogP contribution in [0.25, 0.3) is 0 Å². The van der Waals surface area contributed by atoms with Crippen molar-refractivity contribution in [3.8, 4) is 0 Å². The topological polar surface area (TPSA) is 41.1 Å². The Kier molecular flexibility index (Phi) is 4.87. The normalized spacial score (nSPS) is 9.80. The zero-order valence-corrected chi connectivity index (χ0v) is 11.1. The van der Waals surface area contributed by atoms with Crippen LogP contribution in [0.4, 0.5) is 10.5 Å². The Bertz CT molecular complexity index is 352. The van der Waals surface area contributed by atoms with Crippen LogP contribution in [0.2, 0.25) is 0 Å². The lowest BCUT2D eigenvalue weighted by Crippen LogP contribution is -2.29. The zero-order chi connectivity index (χ0) is 11.3. The van der Waals surface area contributed by atoms with E-state index in [0.717, 1.165) is 21.2 Å². The van der Waals surface area contributed by atoms with Crippen LogP contribution in [0.15, 0.2) is 18.2 Å². The van der Waals surface area contributed by atoms with Crippen molar-refractivity contribution in [3.63, 3.8) is 0 Å². The van der Waals surface area contributed by atoms with Crippen molar-refractivity contribution in [3.05, 3.63) is 27.3 Å². The number of nitrogens with one attached hydrogen (secondary N) is 2. The van der Waals surface area contributed by atoms with Crippen LogP contribution in [0.3, 0.4) is 0 Å². The molecule has 3 nitrogen and oxygen atoms in total. The van der Waals surface area contributed by atoms with E-state index in [4.69, 9.17) is 0 Å². The van der Waals surface area contributed by atoms with Gasteiger partial charge >= 0.3 is 6.03 Å². The van der Waals surface area contributed by atoms with Crippen molar-refractivity contribution in [1.29, 1.82) is 0 Å². The highest BCUT2D eigenvalue weighted by Crippen LogP contribution is 2.19. The summed E-state index contributed by atoms with van der Waals surface area (Å²) < 4.78 is 1.15. The lowest BCUT2D eigenvalue weighted by Gasteiger charge is -2.10. The molecule has 0 radical (unpaired) electrons. The first-order chi connectivity index (χ1) is 7.15. The molecule has 0 atom stereocenters. The quantitative estimate of drug-likeness (QED) is 0.826. The van der Waals surface area contributed by atoms with Crippen LogP contribution >= 0.6 is 22.6 Å². The van der Waals surface area contributed by atoms with Gasteiger partial charge in [0.25, 0.3) is 0 Å². The number of amides is 2.